The molecule has 1 aromatic carbocycles. The van der Waals surface area contributed by atoms with Crippen LogP contribution >= 0.6 is 11.6 Å². The molecule has 1 fully saturated rings. The SMILES string of the molecule is COC(=O)CC1CN(C(=O)c2cc(Cl)ccc2N)CCO1. The summed E-state index contributed by atoms with van der Waals surface area (Å²) in [6.07, 6.45) is -0.249. The summed E-state index contributed by atoms with van der Waals surface area (Å²) in [5, 5.41) is 0.451. The van der Waals surface area contributed by atoms with E-state index in [2.05, 4.69) is 4.74 Å². The number of hydrogen-bond acceptors (Lipinski definition) is 5. The molecule has 6 nitrogen and oxygen atoms in total. The van der Waals surface area contributed by atoms with Gasteiger partial charge >= 0.3 is 5.97 Å². The molecule has 1 amide bonds. The van der Waals surface area contributed by atoms with E-state index in [-0.39, 0.29) is 24.4 Å². The molecule has 0 aromatic heterocycles. The van der Waals surface area contributed by atoms with Crippen molar-refractivity contribution in [1.29, 1.82) is 0 Å². The van der Waals surface area contributed by atoms with E-state index in [1.54, 1.807) is 23.1 Å². The van der Waals surface area contributed by atoms with Crippen LogP contribution in [0.25, 0.3) is 0 Å². The van der Waals surface area contributed by atoms with Gasteiger partial charge in [0.2, 0.25) is 0 Å². The van der Waals surface area contributed by atoms with Crippen molar-refractivity contribution in [2.24, 2.45) is 0 Å². The Morgan fingerprint density at radius 1 is 1.52 bits per heavy atom. The molecule has 0 spiro atoms. The maximum Gasteiger partial charge on any atom is 0.308 e. The van der Waals surface area contributed by atoms with Gasteiger partial charge in [-0.15, -0.1) is 0 Å². The lowest BCUT2D eigenvalue weighted by Gasteiger charge is -2.32. The first-order valence-electron chi connectivity index (χ1n) is 6.54. The molecule has 0 saturated carbocycles. The van der Waals surface area contributed by atoms with Crippen LogP contribution in [0.5, 0.6) is 0 Å². The number of nitrogen functional groups attached to an aromatic ring is 1. The number of carbonyl (C=O) groups is 2. The largest absolute Gasteiger partial charge is 0.469 e. The minimum Gasteiger partial charge on any atom is -0.469 e. The number of benzene rings is 1. The zero-order chi connectivity index (χ0) is 15.4. The van der Waals surface area contributed by atoms with Gasteiger partial charge in [0, 0.05) is 23.8 Å². The van der Waals surface area contributed by atoms with Gasteiger partial charge in [-0.2, -0.15) is 0 Å². The van der Waals surface area contributed by atoms with Gasteiger partial charge in [0.05, 0.1) is 31.8 Å². The molecule has 114 valence electrons. The molecule has 7 heteroatoms. The Balaban J connectivity index is 2.08. The number of morpholine rings is 1. The number of anilines is 1. The van der Waals surface area contributed by atoms with Crippen molar-refractivity contribution in [2.75, 3.05) is 32.5 Å². The van der Waals surface area contributed by atoms with Crippen LogP contribution in [-0.4, -0.2) is 49.7 Å². The second kappa shape index (κ2) is 6.78. The molecule has 1 saturated heterocycles. The van der Waals surface area contributed by atoms with Crippen molar-refractivity contribution in [2.45, 2.75) is 12.5 Å². The van der Waals surface area contributed by atoms with Crippen LogP contribution in [0.1, 0.15) is 16.8 Å². The molecule has 1 aromatic rings. The number of amides is 1. The van der Waals surface area contributed by atoms with E-state index in [0.717, 1.165) is 0 Å². The average Bonchev–Trinajstić information content (AvgIpc) is 2.49. The Hall–Kier alpha value is -1.79. The molecular formula is C14H17ClN2O4. The minimum atomic E-state index is -0.365. The van der Waals surface area contributed by atoms with Gasteiger partial charge in [0.25, 0.3) is 5.91 Å². The number of halogens is 1. The summed E-state index contributed by atoms with van der Waals surface area (Å²) in [6, 6.07) is 4.78. The van der Waals surface area contributed by atoms with Gasteiger partial charge in [-0.3, -0.25) is 9.59 Å². The molecule has 21 heavy (non-hydrogen) atoms. The van der Waals surface area contributed by atoms with Gasteiger partial charge < -0.3 is 20.1 Å². The zero-order valence-corrected chi connectivity index (χ0v) is 12.4. The predicted octanol–water partition coefficient (Wildman–Crippen LogP) is 1.33. The van der Waals surface area contributed by atoms with Crippen molar-refractivity contribution in [3.05, 3.63) is 28.8 Å². The van der Waals surface area contributed by atoms with Gasteiger partial charge in [-0.05, 0) is 18.2 Å². The smallest absolute Gasteiger partial charge is 0.308 e. The van der Waals surface area contributed by atoms with Crippen molar-refractivity contribution in [1.82, 2.24) is 4.90 Å². The second-order valence-corrected chi connectivity index (χ2v) is 5.19. The lowest BCUT2D eigenvalue weighted by atomic mass is 10.1. The van der Waals surface area contributed by atoms with Crippen LogP contribution in [-0.2, 0) is 14.3 Å². The van der Waals surface area contributed by atoms with Crippen LogP contribution in [0.2, 0.25) is 5.02 Å². The summed E-state index contributed by atoms with van der Waals surface area (Å²) < 4.78 is 10.1. The number of carbonyl (C=O) groups excluding carboxylic acids is 2. The first kappa shape index (κ1) is 15.6. The first-order chi connectivity index (χ1) is 10.0. The van der Waals surface area contributed by atoms with Crippen LogP contribution < -0.4 is 5.73 Å². The van der Waals surface area contributed by atoms with Gasteiger partial charge in [0.1, 0.15) is 0 Å². The highest BCUT2D eigenvalue weighted by Gasteiger charge is 2.27. The normalized spacial score (nSPS) is 18.4. The van der Waals surface area contributed by atoms with Gasteiger partial charge in [0.15, 0.2) is 0 Å². The van der Waals surface area contributed by atoms with E-state index < -0.39 is 0 Å². The predicted molar refractivity (Wildman–Crippen MR) is 78.1 cm³/mol. The fourth-order valence-corrected chi connectivity index (χ4v) is 2.35. The number of nitrogens with zero attached hydrogens (tertiary/aromatic N) is 1. The van der Waals surface area contributed by atoms with Crippen molar-refractivity contribution < 1.29 is 19.1 Å². The molecule has 2 N–H and O–H groups in total. The summed E-state index contributed by atoms with van der Waals surface area (Å²) in [5.74, 6) is -0.579. The molecule has 1 aliphatic rings. The van der Waals surface area contributed by atoms with Crippen molar-refractivity contribution in [3.8, 4) is 0 Å². The Morgan fingerprint density at radius 3 is 3.00 bits per heavy atom. The Bertz CT molecular complexity index is 550. The van der Waals surface area contributed by atoms with Gasteiger partial charge in [-0.1, -0.05) is 11.6 Å². The minimum absolute atomic E-state index is 0.116. The molecule has 1 atom stereocenters. The monoisotopic (exact) mass is 312 g/mol. The van der Waals surface area contributed by atoms with E-state index in [0.29, 0.717) is 36.0 Å². The molecule has 0 aliphatic carbocycles. The third-order valence-electron chi connectivity index (χ3n) is 3.29. The summed E-state index contributed by atoms with van der Waals surface area (Å²) in [5.41, 5.74) is 6.56. The highest BCUT2D eigenvalue weighted by atomic mass is 35.5. The lowest BCUT2D eigenvalue weighted by molar-refractivity contribution is -0.145. The fourth-order valence-electron chi connectivity index (χ4n) is 2.18. The third-order valence-corrected chi connectivity index (χ3v) is 3.53. The number of methoxy groups -OCH3 is 1. The quantitative estimate of drug-likeness (QED) is 0.672. The van der Waals surface area contributed by atoms with Crippen LogP contribution in [0, 0.1) is 0 Å². The second-order valence-electron chi connectivity index (χ2n) is 4.76. The number of esters is 1. The maximum atomic E-state index is 12.5. The molecule has 0 radical (unpaired) electrons. The van der Waals surface area contributed by atoms with Gasteiger partial charge in [-0.25, -0.2) is 0 Å². The van der Waals surface area contributed by atoms with E-state index >= 15 is 0 Å². The average molecular weight is 313 g/mol. The third kappa shape index (κ3) is 3.86. The van der Waals surface area contributed by atoms with E-state index in [9.17, 15) is 9.59 Å². The molecule has 1 unspecified atom stereocenters. The van der Waals surface area contributed by atoms with Crippen molar-refractivity contribution >= 4 is 29.2 Å². The summed E-state index contributed by atoms with van der Waals surface area (Å²) >= 11 is 5.90. The molecule has 0 bridgehead atoms. The lowest BCUT2D eigenvalue weighted by Crippen LogP contribution is -2.46. The maximum absolute atomic E-state index is 12.5. The van der Waals surface area contributed by atoms with Crippen LogP contribution in [0.15, 0.2) is 18.2 Å². The summed E-state index contributed by atoms with van der Waals surface area (Å²) in [6.45, 7) is 1.14. The van der Waals surface area contributed by atoms with Crippen molar-refractivity contribution in [3.63, 3.8) is 0 Å². The number of nitrogens with two attached hydrogens (primary N) is 1. The number of hydrogen-bond donors (Lipinski definition) is 1. The topological polar surface area (TPSA) is 81.9 Å². The molecule has 1 heterocycles. The molecule has 2 rings (SSSR count). The highest BCUT2D eigenvalue weighted by Crippen LogP contribution is 2.21. The van der Waals surface area contributed by atoms with E-state index in [1.807, 2.05) is 0 Å². The Morgan fingerprint density at radius 2 is 2.29 bits per heavy atom. The summed E-state index contributed by atoms with van der Waals surface area (Å²) in [7, 11) is 1.32. The Kier molecular flexibility index (Phi) is 5.03. The molecule has 1 aliphatic heterocycles. The number of ether oxygens (including phenoxy) is 2. The first-order valence-corrected chi connectivity index (χ1v) is 6.91. The van der Waals surface area contributed by atoms with Crippen LogP contribution in [0.3, 0.4) is 0 Å². The fraction of sp³-hybridized carbons (Fsp3) is 0.429. The standard InChI is InChI=1S/C14H17ClN2O4/c1-20-13(18)7-10-8-17(4-5-21-10)14(19)11-6-9(15)2-3-12(11)16/h2-3,6,10H,4-5,7-8,16H2,1H3. The Labute approximate surface area is 127 Å². The van der Waals surface area contributed by atoms with Crippen LogP contribution in [0.4, 0.5) is 5.69 Å². The zero-order valence-electron chi connectivity index (χ0n) is 11.7. The molecular weight excluding hydrogens is 296 g/mol. The summed E-state index contributed by atoms with van der Waals surface area (Å²) in [4.78, 5) is 25.4. The van der Waals surface area contributed by atoms with E-state index in [1.165, 1.54) is 7.11 Å². The highest BCUT2D eigenvalue weighted by molar-refractivity contribution is 6.31. The number of rotatable bonds is 3. The van der Waals surface area contributed by atoms with E-state index in [4.69, 9.17) is 22.1 Å².